The quantitative estimate of drug-likeness (QED) is 0.823. The number of nitrogens with zero attached hydrogens (tertiary/aromatic N) is 3. The predicted molar refractivity (Wildman–Crippen MR) is 99.4 cm³/mol. The largest absolute Gasteiger partial charge is 0.452 e. The summed E-state index contributed by atoms with van der Waals surface area (Å²) >= 11 is 0. The number of hydrogen-bond acceptors (Lipinski definition) is 5. The molecule has 0 fully saturated rings. The van der Waals surface area contributed by atoms with Crippen LogP contribution in [0.15, 0.2) is 24.3 Å². The van der Waals surface area contributed by atoms with Crippen LogP contribution in [0, 0.1) is 13.8 Å². The molecule has 1 aromatic heterocycles. The van der Waals surface area contributed by atoms with Crippen molar-refractivity contribution in [3.05, 3.63) is 41.2 Å². The lowest BCUT2D eigenvalue weighted by atomic mass is 10.1. The zero-order valence-corrected chi connectivity index (χ0v) is 15.8. The van der Waals surface area contributed by atoms with Gasteiger partial charge in [-0.3, -0.25) is 24.0 Å². The molecule has 1 atom stereocenters. The fourth-order valence-corrected chi connectivity index (χ4v) is 3.16. The Morgan fingerprint density at radius 1 is 1.30 bits per heavy atom. The number of anilines is 2. The first-order valence-corrected chi connectivity index (χ1v) is 8.66. The molecular formula is C19H22N4O4. The molecule has 27 heavy (non-hydrogen) atoms. The first-order valence-electron chi connectivity index (χ1n) is 8.66. The van der Waals surface area contributed by atoms with Gasteiger partial charge in [-0.05, 0) is 32.9 Å². The Kier molecular flexibility index (Phi) is 4.98. The zero-order valence-electron chi connectivity index (χ0n) is 15.8. The van der Waals surface area contributed by atoms with E-state index in [-0.39, 0.29) is 18.9 Å². The Balaban J connectivity index is 1.71. The van der Waals surface area contributed by atoms with Gasteiger partial charge in [0.25, 0.3) is 5.91 Å². The van der Waals surface area contributed by atoms with Gasteiger partial charge in [0.05, 0.1) is 23.5 Å². The first-order chi connectivity index (χ1) is 12.8. The van der Waals surface area contributed by atoms with E-state index in [0.717, 1.165) is 17.0 Å². The van der Waals surface area contributed by atoms with Crippen LogP contribution in [0.1, 0.15) is 23.9 Å². The average Bonchev–Trinajstić information content (AvgIpc) is 2.86. The van der Waals surface area contributed by atoms with E-state index in [4.69, 9.17) is 4.74 Å². The molecular weight excluding hydrogens is 348 g/mol. The van der Waals surface area contributed by atoms with Crippen molar-refractivity contribution in [3.63, 3.8) is 0 Å². The van der Waals surface area contributed by atoms with Crippen LogP contribution in [0.3, 0.4) is 0 Å². The summed E-state index contributed by atoms with van der Waals surface area (Å²) in [4.78, 5) is 38.3. The summed E-state index contributed by atoms with van der Waals surface area (Å²) in [6.07, 6.45) is -0.964. The number of aromatic nitrogens is 2. The monoisotopic (exact) mass is 370 g/mol. The molecule has 0 saturated carbocycles. The van der Waals surface area contributed by atoms with E-state index in [1.54, 1.807) is 28.9 Å². The molecule has 1 aliphatic heterocycles. The maximum Gasteiger partial charge on any atom is 0.311 e. The predicted octanol–water partition coefficient (Wildman–Crippen LogP) is 1.50. The van der Waals surface area contributed by atoms with Gasteiger partial charge in [0.2, 0.25) is 5.91 Å². The molecule has 1 aliphatic rings. The van der Waals surface area contributed by atoms with Crippen molar-refractivity contribution in [2.24, 2.45) is 7.05 Å². The van der Waals surface area contributed by atoms with E-state index in [1.165, 1.54) is 11.8 Å². The number of para-hydroxylation sites is 2. The van der Waals surface area contributed by atoms with Gasteiger partial charge in [-0.1, -0.05) is 12.1 Å². The summed E-state index contributed by atoms with van der Waals surface area (Å²) in [5.74, 6) is -1.24. The highest BCUT2D eigenvalue weighted by atomic mass is 16.5. The van der Waals surface area contributed by atoms with Gasteiger partial charge in [-0.2, -0.15) is 5.10 Å². The maximum absolute atomic E-state index is 12.8. The van der Waals surface area contributed by atoms with Crippen molar-refractivity contribution < 1.29 is 19.1 Å². The average molecular weight is 370 g/mol. The fourth-order valence-electron chi connectivity index (χ4n) is 3.16. The Morgan fingerprint density at radius 2 is 2.00 bits per heavy atom. The molecule has 2 aromatic rings. The maximum atomic E-state index is 12.8. The lowest BCUT2D eigenvalue weighted by Gasteiger charge is -2.30. The molecule has 0 spiro atoms. The van der Waals surface area contributed by atoms with Crippen LogP contribution >= 0.6 is 0 Å². The summed E-state index contributed by atoms with van der Waals surface area (Å²) in [6.45, 7) is 5.10. The van der Waals surface area contributed by atoms with Crippen LogP contribution in [0.5, 0.6) is 0 Å². The number of rotatable bonds is 4. The molecule has 3 rings (SSSR count). The van der Waals surface area contributed by atoms with Crippen LogP contribution in [-0.2, 0) is 32.6 Å². The normalized spacial score (nSPS) is 14.4. The Bertz CT molecular complexity index is 918. The molecule has 1 N–H and O–H groups in total. The van der Waals surface area contributed by atoms with Gasteiger partial charge in [-0.15, -0.1) is 0 Å². The van der Waals surface area contributed by atoms with Gasteiger partial charge in [0.1, 0.15) is 6.54 Å². The van der Waals surface area contributed by atoms with Crippen molar-refractivity contribution in [1.29, 1.82) is 0 Å². The van der Waals surface area contributed by atoms with Crippen LogP contribution in [0.2, 0.25) is 0 Å². The van der Waals surface area contributed by atoms with Gasteiger partial charge in [-0.25, -0.2) is 0 Å². The van der Waals surface area contributed by atoms with Gasteiger partial charge in [0, 0.05) is 18.3 Å². The minimum atomic E-state index is -1.01. The van der Waals surface area contributed by atoms with Crippen molar-refractivity contribution in [2.75, 3.05) is 16.8 Å². The molecule has 0 saturated heterocycles. The van der Waals surface area contributed by atoms with E-state index < -0.39 is 18.0 Å². The molecule has 0 unspecified atom stereocenters. The van der Waals surface area contributed by atoms with Crippen molar-refractivity contribution >= 4 is 29.2 Å². The highest BCUT2D eigenvalue weighted by Gasteiger charge is 2.31. The highest BCUT2D eigenvalue weighted by molar-refractivity contribution is 6.11. The number of amides is 2. The van der Waals surface area contributed by atoms with E-state index in [2.05, 4.69) is 10.4 Å². The second-order valence-corrected chi connectivity index (χ2v) is 6.57. The van der Waals surface area contributed by atoms with Crippen LogP contribution in [0.4, 0.5) is 11.4 Å². The SMILES string of the molecule is Cc1nn(C)c(C)c1CC(=O)O[C@@H](C)C(=O)N1CC(=O)Nc2ccccc21. The van der Waals surface area contributed by atoms with Gasteiger partial charge >= 0.3 is 5.97 Å². The topological polar surface area (TPSA) is 93.5 Å². The fraction of sp³-hybridized carbons (Fsp3) is 0.368. The Labute approximate surface area is 157 Å². The molecule has 0 bridgehead atoms. The third-order valence-corrected chi connectivity index (χ3v) is 4.67. The van der Waals surface area contributed by atoms with Crippen LogP contribution in [-0.4, -0.2) is 40.2 Å². The molecule has 1 aromatic carbocycles. The van der Waals surface area contributed by atoms with Crippen LogP contribution < -0.4 is 10.2 Å². The second-order valence-electron chi connectivity index (χ2n) is 6.57. The lowest BCUT2D eigenvalue weighted by Crippen LogP contribution is -2.47. The zero-order chi connectivity index (χ0) is 19.7. The number of aryl methyl sites for hydroxylation is 2. The van der Waals surface area contributed by atoms with Gasteiger partial charge < -0.3 is 10.1 Å². The lowest BCUT2D eigenvalue weighted by molar-refractivity contribution is -0.153. The molecule has 2 amide bonds. The smallest absolute Gasteiger partial charge is 0.311 e. The van der Waals surface area contributed by atoms with Crippen molar-refractivity contribution in [1.82, 2.24) is 9.78 Å². The Hall–Kier alpha value is -3.16. The molecule has 8 nitrogen and oxygen atoms in total. The number of ether oxygens (including phenoxy) is 1. The summed E-state index contributed by atoms with van der Waals surface area (Å²) in [5, 5.41) is 7.00. The first kappa shape index (κ1) is 18.6. The summed E-state index contributed by atoms with van der Waals surface area (Å²) in [7, 11) is 1.81. The van der Waals surface area contributed by atoms with E-state index in [0.29, 0.717) is 11.4 Å². The number of nitrogens with one attached hydrogen (secondary N) is 1. The standard InChI is InChI=1S/C19H22N4O4/c1-11-14(12(2)22(4)21-11)9-18(25)27-13(3)19(26)23-10-17(24)20-15-7-5-6-8-16(15)23/h5-8,13H,9-10H2,1-4H3,(H,20,24)/t13-/m0/s1. The number of hydrogen-bond donors (Lipinski definition) is 1. The molecule has 0 radical (unpaired) electrons. The number of carbonyl (C=O) groups excluding carboxylic acids is 3. The number of benzene rings is 1. The number of fused-ring (bicyclic) bond motifs is 1. The third-order valence-electron chi connectivity index (χ3n) is 4.67. The van der Waals surface area contributed by atoms with Crippen molar-refractivity contribution in [2.45, 2.75) is 33.3 Å². The van der Waals surface area contributed by atoms with E-state index in [1.807, 2.05) is 20.9 Å². The highest BCUT2D eigenvalue weighted by Crippen LogP contribution is 2.29. The molecule has 2 heterocycles. The molecule has 0 aliphatic carbocycles. The summed E-state index contributed by atoms with van der Waals surface area (Å²) in [6, 6.07) is 7.01. The summed E-state index contributed by atoms with van der Waals surface area (Å²) in [5.41, 5.74) is 3.58. The minimum Gasteiger partial charge on any atom is -0.452 e. The molecule has 8 heteroatoms. The number of esters is 1. The van der Waals surface area contributed by atoms with Crippen LogP contribution in [0.25, 0.3) is 0 Å². The summed E-state index contributed by atoms with van der Waals surface area (Å²) < 4.78 is 7.04. The van der Waals surface area contributed by atoms with Crippen molar-refractivity contribution in [3.8, 4) is 0 Å². The molecule has 142 valence electrons. The number of carbonyl (C=O) groups is 3. The van der Waals surface area contributed by atoms with Gasteiger partial charge in [0.15, 0.2) is 6.10 Å². The minimum absolute atomic E-state index is 0.0419. The third kappa shape index (κ3) is 3.69. The van der Waals surface area contributed by atoms with E-state index >= 15 is 0 Å². The Morgan fingerprint density at radius 3 is 2.67 bits per heavy atom. The second kappa shape index (κ2) is 7.22. The van der Waals surface area contributed by atoms with E-state index in [9.17, 15) is 14.4 Å².